The van der Waals surface area contributed by atoms with E-state index < -0.39 is 0 Å². The van der Waals surface area contributed by atoms with Gasteiger partial charge >= 0.3 is 0 Å². The first-order valence-electron chi connectivity index (χ1n) is 1.81. The predicted octanol–water partition coefficient (Wildman–Crippen LogP) is 1.20. The zero-order valence-electron chi connectivity index (χ0n) is 4.13. The molecule has 8 heavy (non-hydrogen) atoms. The Morgan fingerprint density at radius 3 is 3.00 bits per heavy atom. The van der Waals surface area contributed by atoms with Gasteiger partial charge in [0.1, 0.15) is 11.2 Å². The van der Waals surface area contributed by atoms with E-state index in [1.54, 1.807) is 5.40 Å². The Balaban J connectivity index is 3.15. The molecule has 0 aliphatic heterocycles. The van der Waals surface area contributed by atoms with Gasteiger partial charge in [0.2, 0.25) is 0 Å². The lowest BCUT2D eigenvalue weighted by Crippen LogP contribution is -1.85. The van der Waals surface area contributed by atoms with Crippen molar-refractivity contribution in [3.63, 3.8) is 0 Å². The summed E-state index contributed by atoms with van der Waals surface area (Å²) in [5, 5.41) is 17.6. The summed E-state index contributed by atoms with van der Waals surface area (Å²) in [7, 11) is 0. The monoisotopic (exact) mass is 131 g/mol. The third kappa shape index (κ3) is 3.53. The van der Waals surface area contributed by atoms with Crippen molar-refractivity contribution < 1.29 is 10.1 Å². The van der Waals surface area contributed by atoms with Gasteiger partial charge in [0.15, 0.2) is 0 Å². The highest BCUT2D eigenvalue weighted by Crippen LogP contribution is 2.02. The fraction of sp³-hybridized carbons (Fsp3) is 0.250. The van der Waals surface area contributed by atoms with E-state index in [4.69, 9.17) is 10.5 Å². The predicted molar refractivity (Wildman–Crippen MR) is 30.9 cm³/mol. The van der Waals surface area contributed by atoms with Gasteiger partial charge in [0.25, 0.3) is 0 Å². The molecule has 4 heteroatoms. The standard InChI is InChI=1S/C4H5NO2S/c1-4(7-6)2-8-3-5/h6H,1-2H2. The maximum atomic E-state index is 7.95. The van der Waals surface area contributed by atoms with Crippen LogP contribution in [0.2, 0.25) is 0 Å². The van der Waals surface area contributed by atoms with Crippen LogP contribution in [0.15, 0.2) is 12.3 Å². The van der Waals surface area contributed by atoms with E-state index in [9.17, 15) is 0 Å². The van der Waals surface area contributed by atoms with Crippen LogP contribution in [0.5, 0.6) is 0 Å². The first kappa shape index (κ1) is 7.34. The number of thiocyanates is 1. The molecule has 1 N–H and O–H groups in total. The summed E-state index contributed by atoms with van der Waals surface area (Å²) >= 11 is 0.962. The van der Waals surface area contributed by atoms with E-state index in [1.165, 1.54) is 0 Å². The molecule has 3 nitrogen and oxygen atoms in total. The lowest BCUT2D eigenvalue weighted by atomic mass is 10.7. The van der Waals surface area contributed by atoms with Crippen molar-refractivity contribution in [2.24, 2.45) is 0 Å². The van der Waals surface area contributed by atoms with Crippen LogP contribution >= 0.6 is 11.8 Å². The molecule has 0 aromatic heterocycles. The van der Waals surface area contributed by atoms with Crippen LogP contribution in [0.1, 0.15) is 0 Å². The van der Waals surface area contributed by atoms with E-state index in [0.717, 1.165) is 11.8 Å². The topological polar surface area (TPSA) is 53.2 Å². The molecule has 0 aliphatic rings. The number of thioether (sulfide) groups is 1. The fourth-order valence-corrected chi connectivity index (χ4v) is 0.417. The van der Waals surface area contributed by atoms with Gasteiger partial charge in [-0.15, -0.1) is 0 Å². The summed E-state index contributed by atoms with van der Waals surface area (Å²) in [6, 6.07) is 0. The molecule has 0 aromatic carbocycles. The number of nitriles is 1. The molecule has 0 amide bonds. The van der Waals surface area contributed by atoms with Gasteiger partial charge in [0, 0.05) is 0 Å². The zero-order chi connectivity index (χ0) is 6.41. The minimum Gasteiger partial charge on any atom is -0.344 e. The molecular formula is C4H5NO2S. The van der Waals surface area contributed by atoms with E-state index in [2.05, 4.69) is 11.5 Å². The Morgan fingerprint density at radius 1 is 2.00 bits per heavy atom. The lowest BCUT2D eigenvalue weighted by molar-refractivity contribution is -0.201. The highest BCUT2D eigenvalue weighted by molar-refractivity contribution is 8.03. The minimum absolute atomic E-state index is 0.191. The van der Waals surface area contributed by atoms with Crippen molar-refractivity contribution in [3.8, 4) is 5.40 Å². The third-order valence-electron chi connectivity index (χ3n) is 0.427. The molecule has 0 heterocycles. The molecule has 0 spiro atoms. The molecule has 0 bridgehead atoms. The molecule has 0 aromatic rings. The third-order valence-corrected chi connectivity index (χ3v) is 1.02. The van der Waals surface area contributed by atoms with Gasteiger partial charge in [-0.05, 0) is 11.8 Å². The Bertz CT molecular complexity index is 118. The van der Waals surface area contributed by atoms with Gasteiger partial charge in [-0.25, -0.2) is 5.26 Å². The maximum absolute atomic E-state index is 7.95. The fourth-order valence-electron chi connectivity index (χ4n) is 0.139. The number of rotatable bonds is 3. The van der Waals surface area contributed by atoms with Crippen LogP contribution in [0, 0.1) is 10.7 Å². The van der Waals surface area contributed by atoms with E-state index >= 15 is 0 Å². The quantitative estimate of drug-likeness (QED) is 0.270. The minimum atomic E-state index is 0.191. The average molecular weight is 131 g/mol. The van der Waals surface area contributed by atoms with E-state index in [1.807, 2.05) is 0 Å². The number of hydrogen-bond acceptors (Lipinski definition) is 4. The summed E-state index contributed by atoms with van der Waals surface area (Å²) in [5.41, 5.74) is 0. The molecule has 0 atom stereocenters. The normalized spacial score (nSPS) is 7.50. The van der Waals surface area contributed by atoms with Gasteiger partial charge in [0.05, 0.1) is 5.75 Å². The molecule has 0 fully saturated rings. The van der Waals surface area contributed by atoms with Gasteiger partial charge < -0.3 is 4.89 Å². The number of nitrogens with zero attached hydrogens (tertiary/aromatic N) is 1. The summed E-state index contributed by atoms with van der Waals surface area (Å²) < 4.78 is 0. The first-order chi connectivity index (χ1) is 3.81. The first-order valence-corrected chi connectivity index (χ1v) is 2.80. The maximum Gasteiger partial charge on any atom is 0.145 e. The highest BCUT2D eigenvalue weighted by atomic mass is 32.2. The SMILES string of the molecule is C=C(CSC#N)OO. The second-order valence-electron chi connectivity index (χ2n) is 1.01. The van der Waals surface area contributed by atoms with Crippen molar-refractivity contribution in [2.45, 2.75) is 0 Å². The second-order valence-corrected chi connectivity index (χ2v) is 1.77. The van der Waals surface area contributed by atoms with Crippen LogP contribution in [-0.4, -0.2) is 11.0 Å². The summed E-state index contributed by atoms with van der Waals surface area (Å²) in [6.45, 7) is 3.27. The zero-order valence-corrected chi connectivity index (χ0v) is 4.94. The van der Waals surface area contributed by atoms with Crippen molar-refractivity contribution in [1.82, 2.24) is 0 Å². The molecule has 0 saturated heterocycles. The Kier molecular flexibility index (Phi) is 4.13. The van der Waals surface area contributed by atoms with Crippen LogP contribution in [0.25, 0.3) is 0 Å². The molecular weight excluding hydrogens is 126 g/mol. The summed E-state index contributed by atoms with van der Waals surface area (Å²) in [5.74, 6) is 0.504. The highest BCUT2D eigenvalue weighted by Gasteiger charge is 1.90. The molecule has 44 valence electrons. The largest absolute Gasteiger partial charge is 0.344 e. The van der Waals surface area contributed by atoms with E-state index in [0.29, 0.717) is 5.75 Å². The molecule has 0 rings (SSSR count). The second kappa shape index (κ2) is 4.50. The van der Waals surface area contributed by atoms with Gasteiger partial charge in [-0.3, -0.25) is 0 Å². The van der Waals surface area contributed by atoms with Crippen molar-refractivity contribution in [1.29, 1.82) is 5.26 Å². The van der Waals surface area contributed by atoms with Crippen LogP contribution in [0.4, 0.5) is 0 Å². The number of hydrogen-bond donors (Lipinski definition) is 1. The summed E-state index contributed by atoms with van der Waals surface area (Å²) in [6.07, 6.45) is 0. The van der Waals surface area contributed by atoms with Gasteiger partial charge in [-0.2, -0.15) is 5.26 Å². The molecule has 0 aliphatic carbocycles. The van der Waals surface area contributed by atoms with Crippen molar-refractivity contribution in [2.75, 3.05) is 5.75 Å². The van der Waals surface area contributed by atoms with E-state index in [-0.39, 0.29) is 5.76 Å². The Labute approximate surface area is 51.5 Å². The van der Waals surface area contributed by atoms with Gasteiger partial charge in [-0.1, -0.05) is 6.58 Å². The molecule has 0 unspecified atom stereocenters. The van der Waals surface area contributed by atoms with Crippen LogP contribution < -0.4 is 0 Å². The summed E-state index contributed by atoms with van der Waals surface area (Å²) in [4.78, 5) is 3.69. The Hall–Kier alpha value is -0.660. The molecule has 0 saturated carbocycles. The molecule has 0 radical (unpaired) electrons. The van der Waals surface area contributed by atoms with Crippen LogP contribution in [0.3, 0.4) is 0 Å². The Morgan fingerprint density at radius 2 is 2.62 bits per heavy atom. The smallest absolute Gasteiger partial charge is 0.145 e. The van der Waals surface area contributed by atoms with Crippen LogP contribution in [-0.2, 0) is 4.89 Å². The van der Waals surface area contributed by atoms with Crippen molar-refractivity contribution in [3.05, 3.63) is 12.3 Å². The van der Waals surface area contributed by atoms with Crippen molar-refractivity contribution >= 4 is 11.8 Å². The average Bonchev–Trinajstić information content (AvgIpc) is 1.83. The lowest BCUT2D eigenvalue weighted by Gasteiger charge is -1.92.